The number of rotatable bonds is 6. The summed E-state index contributed by atoms with van der Waals surface area (Å²) in [6.45, 7) is 0. The highest BCUT2D eigenvalue weighted by molar-refractivity contribution is 8.03. The molecule has 1 atom stereocenters. The summed E-state index contributed by atoms with van der Waals surface area (Å²) >= 11 is 15.9. The van der Waals surface area contributed by atoms with Gasteiger partial charge in [-0.1, -0.05) is 65.7 Å². The van der Waals surface area contributed by atoms with Crippen molar-refractivity contribution in [2.45, 2.75) is 15.0 Å². The molecule has 0 heterocycles. The van der Waals surface area contributed by atoms with Crippen molar-refractivity contribution in [3.05, 3.63) is 94.5 Å². The molecule has 0 aliphatic carbocycles. The van der Waals surface area contributed by atoms with Gasteiger partial charge in [-0.2, -0.15) is 0 Å². The van der Waals surface area contributed by atoms with Crippen LogP contribution in [0.5, 0.6) is 0 Å². The van der Waals surface area contributed by atoms with E-state index in [0.717, 1.165) is 15.8 Å². The Morgan fingerprint density at radius 3 is 2.00 bits per heavy atom. The van der Waals surface area contributed by atoms with Crippen LogP contribution in [0.15, 0.2) is 88.7 Å². The summed E-state index contributed by atoms with van der Waals surface area (Å²) < 4.78 is 0. The van der Waals surface area contributed by atoms with E-state index in [-0.39, 0.29) is 0 Å². The van der Waals surface area contributed by atoms with Crippen molar-refractivity contribution in [3.8, 4) is 0 Å². The molecule has 0 saturated carbocycles. The third kappa shape index (κ3) is 5.22. The third-order valence-corrected chi connectivity index (χ3v) is 6.46. The first kappa shape index (κ1) is 17.8. The zero-order valence-electron chi connectivity index (χ0n) is 12.9. The van der Waals surface area contributed by atoms with Crippen molar-refractivity contribution >= 4 is 46.7 Å². The van der Waals surface area contributed by atoms with Gasteiger partial charge in [0.05, 0.1) is 0 Å². The zero-order chi connectivity index (χ0) is 16.8. The van der Waals surface area contributed by atoms with E-state index in [1.54, 1.807) is 0 Å². The first-order valence-electron chi connectivity index (χ1n) is 7.56. The Bertz CT molecular complexity index is 790. The molecule has 0 N–H and O–H groups in total. The van der Waals surface area contributed by atoms with Gasteiger partial charge in [-0.15, -0.1) is 23.5 Å². The predicted octanol–water partition coefficient (Wildman–Crippen LogP) is 7.62. The van der Waals surface area contributed by atoms with Crippen LogP contribution in [0.1, 0.15) is 10.8 Å². The summed E-state index contributed by atoms with van der Waals surface area (Å²) in [4.78, 5) is 2.37. The molecule has 0 nitrogen and oxygen atoms in total. The van der Waals surface area contributed by atoms with Crippen LogP contribution >= 0.6 is 46.7 Å². The molecule has 3 aromatic rings. The number of benzene rings is 3. The minimum Gasteiger partial charge on any atom is -0.125 e. The number of halogens is 2. The first-order chi connectivity index (χ1) is 11.7. The van der Waals surface area contributed by atoms with E-state index in [9.17, 15) is 0 Å². The van der Waals surface area contributed by atoms with E-state index < -0.39 is 0 Å². The van der Waals surface area contributed by atoms with Crippen molar-refractivity contribution in [2.24, 2.45) is 0 Å². The van der Waals surface area contributed by atoms with Gasteiger partial charge in [0.2, 0.25) is 0 Å². The van der Waals surface area contributed by atoms with Crippen molar-refractivity contribution in [2.75, 3.05) is 5.75 Å². The molecule has 4 heteroatoms. The van der Waals surface area contributed by atoms with E-state index >= 15 is 0 Å². The molecule has 3 rings (SSSR count). The molecule has 0 saturated heterocycles. The lowest BCUT2D eigenvalue weighted by molar-refractivity contribution is 1.11. The second-order valence-corrected chi connectivity index (χ2v) is 8.49. The van der Waals surface area contributed by atoms with Gasteiger partial charge in [0.25, 0.3) is 0 Å². The molecule has 122 valence electrons. The molecular weight excluding hydrogens is 375 g/mol. The Hall–Kier alpha value is -1.06. The van der Waals surface area contributed by atoms with Gasteiger partial charge in [0, 0.05) is 30.8 Å². The zero-order valence-corrected chi connectivity index (χ0v) is 16.0. The monoisotopic (exact) mass is 390 g/mol. The first-order valence-corrected chi connectivity index (χ1v) is 10.2. The smallest absolute Gasteiger partial charge is 0.0438 e. The fourth-order valence-electron chi connectivity index (χ4n) is 2.30. The SMILES string of the molecule is Clc1cccc(SCC(Sc2cccc(Cl)c2)c2ccccc2)c1. The van der Waals surface area contributed by atoms with Crippen LogP contribution in [0.3, 0.4) is 0 Å². The molecule has 0 bridgehead atoms. The third-order valence-electron chi connectivity index (χ3n) is 3.44. The van der Waals surface area contributed by atoms with Crippen LogP contribution in [0.25, 0.3) is 0 Å². The molecule has 0 aliphatic heterocycles. The fraction of sp³-hybridized carbons (Fsp3) is 0.100. The maximum absolute atomic E-state index is 6.13. The minimum absolute atomic E-state index is 0.341. The largest absolute Gasteiger partial charge is 0.125 e. The standard InChI is InChI=1S/C20H16Cl2S2/c21-16-8-4-10-18(12-16)23-14-20(15-6-2-1-3-7-15)24-19-11-5-9-17(22)13-19/h1-13,20H,14H2. The highest BCUT2D eigenvalue weighted by Gasteiger charge is 2.14. The lowest BCUT2D eigenvalue weighted by atomic mass is 10.2. The molecule has 0 aliphatic rings. The predicted molar refractivity (Wildman–Crippen MR) is 109 cm³/mol. The maximum atomic E-state index is 6.13. The normalized spacial score (nSPS) is 12.1. The van der Waals surface area contributed by atoms with Crippen LogP contribution in [0.4, 0.5) is 0 Å². The number of hydrogen-bond donors (Lipinski definition) is 0. The van der Waals surface area contributed by atoms with E-state index in [1.807, 2.05) is 59.9 Å². The molecule has 0 radical (unpaired) electrons. The van der Waals surface area contributed by atoms with Gasteiger partial charge in [-0.05, 0) is 42.0 Å². The minimum atomic E-state index is 0.341. The quantitative estimate of drug-likeness (QED) is 0.396. The summed E-state index contributed by atoms with van der Waals surface area (Å²) in [5, 5.41) is 1.89. The lowest BCUT2D eigenvalue weighted by Gasteiger charge is -2.17. The summed E-state index contributed by atoms with van der Waals surface area (Å²) in [6.07, 6.45) is 0. The Labute approximate surface area is 161 Å². The van der Waals surface area contributed by atoms with E-state index in [2.05, 4.69) is 42.5 Å². The molecule has 3 aromatic carbocycles. The molecule has 0 fully saturated rings. The number of thioether (sulfide) groups is 2. The topological polar surface area (TPSA) is 0 Å². The second kappa shape index (κ2) is 8.87. The van der Waals surface area contributed by atoms with Crippen molar-refractivity contribution < 1.29 is 0 Å². The molecule has 1 unspecified atom stereocenters. The van der Waals surface area contributed by atoms with Gasteiger partial charge in [-0.3, -0.25) is 0 Å². The summed E-state index contributed by atoms with van der Waals surface area (Å²) in [6, 6.07) is 26.6. The van der Waals surface area contributed by atoms with Crippen LogP contribution in [-0.2, 0) is 0 Å². The Morgan fingerprint density at radius 2 is 1.33 bits per heavy atom. The van der Waals surface area contributed by atoms with Crippen LogP contribution in [0.2, 0.25) is 10.0 Å². The van der Waals surface area contributed by atoms with Crippen molar-refractivity contribution in [3.63, 3.8) is 0 Å². The van der Waals surface area contributed by atoms with Gasteiger partial charge in [-0.25, -0.2) is 0 Å². The highest BCUT2D eigenvalue weighted by atomic mass is 35.5. The Morgan fingerprint density at radius 1 is 0.708 bits per heavy atom. The summed E-state index contributed by atoms with van der Waals surface area (Å²) in [5.74, 6) is 0.960. The van der Waals surface area contributed by atoms with Gasteiger partial charge in [0.15, 0.2) is 0 Å². The Balaban J connectivity index is 1.77. The lowest BCUT2D eigenvalue weighted by Crippen LogP contribution is -1.97. The molecule has 0 aromatic heterocycles. The molecule has 0 amide bonds. The van der Waals surface area contributed by atoms with Crippen LogP contribution in [0, 0.1) is 0 Å². The van der Waals surface area contributed by atoms with E-state index in [4.69, 9.17) is 23.2 Å². The number of hydrogen-bond acceptors (Lipinski definition) is 2. The Kier molecular flexibility index (Phi) is 6.56. The highest BCUT2D eigenvalue weighted by Crippen LogP contribution is 2.40. The fourth-order valence-corrected chi connectivity index (χ4v) is 5.18. The van der Waals surface area contributed by atoms with Crippen molar-refractivity contribution in [1.29, 1.82) is 0 Å². The van der Waals surface area contributed by atoms with Crippen LogP contribution < -0.4 is 0 Å². The van der Waals surface area contributed by atoms with E-state index in [1.165, 1.54) is 15.4 Å². The average Bonchev–Trinajstić information content (AvgIpc) is 2.59. The van der Waals surface area contributed by atoms with Crippen LogP contribution in [-0.4, -0.2) is 5.75 Å². The van der Waals surface area contributed by atoms with Gasteiger partial charge in [0.1, 0.15) is 0 Å². The summed E-state index contributed by atoms with van der Waals surface area (Å²) in [5.41, 5.74) is 1.32. The molecule has 0 spiro atoms. The van der Waals surface area contributed by atoms with Gasteiger partial charge < -0.3 is 0 Å². The van der Waals surface area contributed by atoms with Crippen molar-refractivity contribution in [1.82, 2.24) is 0 Å². The average molecular weight is 391 g/mol. The molecule has 24 heavy (non-hydrogen) atoms. The van der Waals surface area contributed by atoms with E-state index in [0.29, 0.717) is 5.25 Å². The summed E-state index contributed by atoms with van der Waals surface area (Å²) in [7, 11) is 0. The second-order valence-electron chi connectivity index (χ2n) is 5.24. The van der Waals surface area contributed by atoms with Gasteiger partial charge >= 0.3 is 0 Å². The maximum Gasteiger partial charge on any atom is 0.0438 e. The molecular formula is C20H16Cl2S2.